The monoisotopic (exact) mass is 394 g/mol. The molecule has 0 unspecified atom stereocenters. The van der Waals surface area contributed by atoms with Crippen LogP contribution in [0.2, 0.25) is 0 Å². The summed E-state index contributed by atoms with van der Waals surface area (Å²) in [5, 5.41) is 2.79. The van der Waals surface area contributed by atoms with Crippen molar-refractivity contribution in [3.8, 4) is 0 Å². The Morgan fingerprint density at radius 1 is 1.07 bits per heavy atom. The summed E-state index contributed by atoms with van der Waals surface area (Å²) in [7, 11) is 0. The van der Waals surface area contributed by atoms with Crippen LogP contribution in [0.25, 0.3) is 0 Å². The summed E-state index contributed by atoms with van der Waals surface area (Å²) in [4.78, 5) is 26.5. The van der Waals surface area contributed by atoms with Gasteiger partial charge in [-0.3, -0.25) is 14.5 Å². The van der Waals surface area contributed by atoms with E-state index in [0.717, 1.165) is 31.6 Å². The number of rotatable bonds is 7. The number of ether oxygens (including phenoxy) is 1. The van der Waals surface area contributed by atoms with E-state index in [1.54, 1.807) is 0 Å². The normalized spacial score (nSPS) is 19.5. The molecule has 0 bridgehead atoms. The molecule has 0 aliphatic carbocycles. The Morgan fingerprint density at radius 3 is 2.45 bits per heavy atom. The van der Waals surface area contributed by atoms with E-state index >= 15 is 0 Å². The molecule has 1 atom stereocenters. The van der Waals surface area contributed by atoms with Crippen LogP contribution in [0, 0.1) is 5.41 Å². The molecule has 1 fully saturated rings. The molecule has 3 rings (SSSR count). The van der Waals surface area contributed by atoms with Crippen molar-refractivity contribution in [3.05, 3.63) is 65.7 Å². The molecular formula is C24H30N2O3. The zero-order chi connectivity index (χ0) is 20.7. The van der Waals surface area contributed by atoms with E-state index in [-0.39, 0.29) is 11.9 Å². The largest absolute Gasteiger partial charge is 0.466 e. The predicted octanol–water partition coefficient (Wildman–Crippen LogP) is 4.03. The van der Waals surface area contributed by atoms with E-state index < -0.39 is 5.41 Å². The van der Waals surface area contributed by atoms with Crippen molar-refractivity contribution in [2.24, 2.45) is 5.41 Å². The maximum absolute atomic E-state index is 13.0. The molecule has 2 aromatic carbocycles. The van der Waals surface area contributed by atoms with Crippen LogP contribution in [-0.4, -0.2) is 36.5 Å². The van der Waals surface area contributed by atoms with Gasteiger partial charge in [0.2, 0.25) is 5.91 Å². The van der Waals surface area contributed by atoms with Gasteiger partial charge in [-0.2, -0.15) is 0 Å². The number of nitrogens with zero attached hydrogens (tertiary/aromatic N) is 1. The number of piperidine rings is 1. The maximum Gasteiger partial charge on any atom is 0.313 e. The summed E-state index contributed by atoms with van der Waals surface area (Å²) < 4.78 is 5.50. The van der Waals surface area contributed by atoms with Crippen LogP contribution in [0.1, 0.15) is 37.8 Å². The Morgan fingerprint density at radius 2 is 1.79 bits per heavy atom. The van der Waals surface area contributed by atoms with Gasteiger partial charge in [0.05, 0.1) is 12.0 Å². The number of carbonyl (C=O) groups is 2. The number of nitrogens with one attached hydrogen (secondary N) is 1. The van der Waals surface area contributed by atoms with Gasteiger partial charge in [-0.15, -0.1) is 0 Å². The number of hydrogen-bond acceptors (Lipinski definition) is 4. The lowest BCUT2D eigenvalue weighted by molar-refractivity contribution is -0.159. The van der Waals surface area contributed by atoms with Crippen LogP contribution in [0.3, 0.4) is 0 Å². The van der Waals surface area contributed by atoms with E-state index in [1.165, 1.54) is 18.1 Å². The lowest BCUT2D eigenvalue weighted by Crippen LogP contribution is -2.49. The summed E-state index contributed by atoms with van der Waals surface area (Å²) in [6.45, 7) is 6.20. The van der Waals surface area contributed by atoms with Crippen molar-refractivity contribution in [2.45, 2.75) is 39.7 Å². The molecule has 1 N–H and O–H groups in total. The second-order valence-electron chi connectivity index (χ2n) is 7.86. The van der Waals surface area contributed by atoms with E-state index in [4.69, 9.17) is 4.74 Å². The Labute approximate surface area is 173 Å². The minimum atomic E-state index is -0.508. The van der Waals surface area contributed by atoms with Crippen LogP contribution < -0.4 is 5.32 Å². The first kappa shape index (κ1) is 21.1. The first-order valence-electron chi connectivity index (χ1n) is 10.3. The first-order chi connectivity index (χ1) is 14.0. The van der Waals surface area contributed by atoms with Crippen molar-refractivity contribution in [1.82, 2.24) is 4.90 Å². The fourth-order valence-electron chi connectivity index (χ4n) is 4.17. The Kier molecular flexibility index (Phi) is 7.04. The fraction of sp³-hybridized carbons (Fsp3) is 0.417. The number of hydrogen-bond donors (Lipinski definition) is 1. The molecule has 0 spiro atoms. The molecule has 0 saturated carbocycles. The Bertz CT molecular complexity index is 820. The SMILES string of the molecule is CCOC(=O)[C@@]1(Cc2ccccc2)CCCN(Cc2ccc(NC(C)=O)cc2)C1. The van der Waals surface area contributed by atoms with Gasteiger partial charge in [0.15, 0.2) is 0 Å². The Balaban J connectivity index is 1.73. The van der Waals surface area contributed by atoms with Crippen LogP contribution >= 0.6 is 0 Å². The van der Waals surface area contributed by atoms with Crippen LogP contribution in [0.15, 0.2) is 54.6 Å². The summed E-state index contributed by atoms with van der Waals surface area (Å²) in [6, 6.07) is 18.1. The highest BCUT2D eigenvalue weighted by atomic mass is 16.5. The molecule has 1 heterocycles. The average molecular weight is 395 g/mol. The lowest BCUT2D eigenvalue weighted by atomic mass is 9.75. The number of esters is 1. The molecule has 5 heteroatoms. The fourth-order valence-corrected chi connectivity index (χ4v) is 4.17. The third-order valence-corrected chi connectivity index (χ3v) is 5.43. The van der Waals surface area contributed by atoms with Crippen molar-refractivity contribution in [2.75, 3.05) is 25.0 Å². The van der Waals surface area contributed by atoms with Crippen LogP contribution in [0.5, 0.6) is 0 Å². The highest BCUT2D eigenvalue weighted by Gasteiger charge is 2.43. The minimum Gasteiger partial charge on any atom is -0.466 e. The van der Waals surface area contributed by atoms with Crippen molar-refractivity contribution < 1.29 is 14.3 Å². The molecule has 1 amide bonds. The topological polar surface area (TPSA) is 58.6 Å². The van der Waals surface area contributed by atoms with Crippen molar-refractivity contribution in [1.29, 1.82) is 0 Å². The quantitative estimate of drug-likeness (QED) is 0.720. The van der Waals surface area contributed by atoms with Gasteiger partial charge in [-0.05, 0) is 56.0 Å². The number of benzene rings is 2. The van der Waals surface area contributed by atoms with Crippen molar-refractivity contribution >= 4 is 17.6 Å². The number of amides is 1. The number of likely N-dealkylation sites (tertiary alicyclic amines) is 1. The van der Waals surface area contributed by atoms with E-state index in [0.29, 0.717) is 19.6 Å². The van der Waals surface area contributed by atoms with E-state index in [9.17, 15) is 9.59 Å². The number of carbonyl (C=O) groups excluding carboxylic acids is 2. The molecule has 1 aliphatic heterocycles. The highest BCUT2D eigenvalue weighted by Crippen LogP contribution is 2.36. The summed E-state index contributed by atoms with van der Waals surface area (Å²) in [5.41, 5.74) is 2.62. The number of anilines is 1. The molecule has 2 aromatic rings. The summed E-state index contributed by atoms with van der Waals surface area (Å²) in [6.07, 6.45) is 2.51. The molecular weight excluding hydrogens is 364 g/mol. The van der Waals surface area contributed by atoms with E-state index in [1.807, 2.05) is 49.4 Å². The van der Waals surface area contributed by atoms with Gasteiger partial charge in [0.25, 0.3) is 0 Å². The molecule has 0 radical (unpaired) electrons. The third kappa shape index (κ3) is 5.67. The van der Waals surface area contributed by atoms with Gasteiger partial charge < -0.3 is 10.1 Å². The average Bonchev–Trinajstić information content (AvgIpc) is 2.70. The minimum absolute atomic E-state index is 0.0751. The summed E-state index contributed by atoms with van der Waals surface area (Å²) >= 11 is 0. The van der Waals surface area contributed by atoms with Gasteiger partial charge in [0.1, 0.15) is 0 Å². The van der Waals surface area contributed by atoms with Gasteiger partial charge in [0, 0.05) is 25.7 Å². The van der Waals surface area contributed by atoms with Gasteiger partial charge >= 0.3 is 5.97 Å². The highest BCUT2D eigenvalue weighted by molar-refractivity contribution is 5.88. The van der Waals surface area contributed by atoms with E-state index in [2.05, 4.69) is 22.3 Å². The van der Waals surface area contributed by atoms with Crippen LogP contribution in [-0.2, 0) is 27.3 Å². The van der Waals surface area contributed by atoms with Gasteiger partial charge in [-0.1, -0.05) is 42.5 Å². The second-order valence-corrected chi connectivity index (χ2v) is 7.86. The molecule has 5 nitrogen and oxygen atoms in total. The Hall–Kier alpha value is -2.66. The molecule has 1 saturated heterocycles. The molecule has 154 valence electrons. The molecule has 1 aliphatic rings. The van der Waals surface area contributed by atoms with Gasteiger partial charge in [-0.25, -0.2) is 0 Å². The zero-order valence-electron chi connectivity index (χ0n) is 17.3. The maximum atomic E-state index is 13.0. The smallest absolute Gasteiger partial charge is 0.313 e. The summed E-state index contributed by atoms with van der Waals surface area (Å²) in [5.74, 6) is -0.163. The standard InChI is InChI=1S/C24H30N2O3/c1-3-29-23(28)24(16-20-8-5-4-6-9-20)14-7-15-26(18-24)17-21-10-12-22(13-11-21)25-19(2)27/h4-6,8-13H,3,7,14-18H2,1-2H3,(H,25,27)/t24-/m1/s1. The second kappa shape index (κ2) is 9.70. The molecule has 29 heavy (non-hydrogen) atoms. The van der Waals surface area contributed by atoms with Crippen molar-refractivity contribution in [3.63, 3.8) is 0 Å². The first-order valence-corrected chi connectivity index (χ1v) is 10.3. The predicted molar refractivity (Wildman–Crippen MR) is 114 cm³/mol. The molecule has 0 aromatic heterocycles. The zero-order valence-corrected chi connectivity index (χ0v) is 17.3. The van der Waals surface area contributed by atoms with Crippen LogP contribution in [0.4, 0.5) is 5.69 Å². The lowest BCUT2D eigenvalue weighted by Gasteiger charge is -2.41. The third-order valence-electron chi connectivity index (χ3n) is 5.43.